The molecule has 1 atom stereocenters. The van der Waals surface area contributed by atoms with E-state index >= 15 is 0 Å². The highest BCUT2D eigenvalue weighted by Crippen LogP contribution is 2.30. The van der Waals surface area contributed by atoms with Gasteiger partial charge in [-0.1, -0.05) is 19.1 Å². The van der Waals surface area contributed by atoms with E-state index in [1.54, 1.807) is 31.2 Å². The van der Waals surface area contributed by atoms with Crippen LogP contribution in [0.4, 0.5) is 4.39 Å². The summed E-state index contributed by atoms with van der Waals surface area (Å²) in [7, 11) is -3.60. The molecule has 0 radical (unpaired) electrons. The fraction of sp³-hybridized carbons (Fsp3) is 0.348. The lowest BCUT2D eigenvalue weighted by Crippen LogP contribution is -2.39. The molecule has 0 aliphatic carbocycles. The molecule has 1 aliphatic rings. The Kier molecular flexibility index (Phi) is 5.85. The number of carbonyl (C=O) groups is 1. The van der Waals surface area contributed by atoms with Crippen LogP contribution in [-0.4, -0.2) is 31.7 Å². The first-order valence-corrected chi connectivity index (χ1v) is 11.8. The number of furan rings is 1. The molecule has 0 saturated carbocycles. The molecule has 1 aromatic heterocycles. The van der Waals surface area contributed by atoms with Crippen molar-refractivity contribution >= 4 is 26.9 Å². The Balaban J connectivity index is 1.57. The van der Waals surface area contributed by atoms with Gasteiger partial charge in [0.25, 0.3) is 5.91 Å². The third-order valence-corrected chi connectivity index (χ3v) is 7.60. The third kappa shape index (κ3) is 4.36. The van der Waals surface area contributed by atoms with Crippen molar-refractivity contribution in [3.8, 4) is 0 Å². The SMILES string of the molecule is Cc1c(C(=O)NCc2ccc(F)cc2)oc2ccc(S(=O)(=O)N3CCCC(C)C3)cc12. The van der Waals surface area contributed by atoms with Crippen LogP contribution in [0.5, 0.6) is 0 Å². The average Bonchev–Trinajstić information content (AvgIpc) is 3.09. The number of nitrogens with one attached hydrogen (secondary N) is 1. The molecular weight excluding hydrogens is 419 g/mol. The van der Waals surface area contributed by atoms with E-state index < -0.39 is 15.9 Å². The van der Waals surface area contributed by atoms with Crippen LogP contribution in [0.3, 0.4) is 0 Å². The van der Waals surface area contributed by atoms with E-state index in [0.29, 0.717) is 35.5 Å². The van der Waals surface area contributed by atoms with Gasteiger partial charge in [0.2, 0.25) is 10.0 Å². The molecule has 4 rings (SSSR count). The monoisotopic (exact) mass is 444 g/mol. The van der Waals surface area contributed by atoms with Crippen molar-refractivity contribution in [1.29, 1.82) is 0 Å². The van der Waals surface area contributed by atoms with Crippen LogP contribution >= 0.6 is 0 Å². The second-order valence-electron chi connectivity index (χ2n) is 8.13. The number of benzene rings is 2. The van der Waals surface area contributed by atoms with Crippen LogP contribution in [0.1, 0.15) is 41.4 Å². The van der Waals surface area contributed by atoms with Crippen LogP contribution in [0.15, 0.2) is 51.8 Å². The van der Waals surface area contributed by atoms with E-state index in [2.05, 4.69) is 12.2 Å². The molecule has 2 aromatic carbocycles. The van der Waals surface area contributed by atoms with Crippen molar-refractivity contribution < 1.29 is 22.0 Å². The van der Waals surface area contributed by atoms with Gasteiger partial charge in [-0.25, -0.2) is 12.8 Å². The summed E-state index contributed by atoms with van der Waals surface area (Å²) < 4.78 is 46.5. The van der Waals surface area contributed by atoms with Gasteiger partial charge < -0.3 is 9.73 Å². The Morgan fingerprint density at radius 1 is 1.23 bits per heavy atom. The Hall–Kier alpha value is -2.71. The number of nitrogens with zero attached hydrogens (tertiary/aromatic N) is 1. The molecule has 1 aliphatic heterocycles. The first kappa shape index (κ1) is 21.5. The van der Waals surface area contributed by atoms with Gasteiger partial charge in [0.1, 0.15) is 11.4 Å². The molecule has 1 saturated heterocycles. The van der Waals surface area contributed by atoms with Crippen molar-refractivity contribution in [1.82, 2.24) is 9.62 Å². The molecule has 0 bridgehead atoms. The van der Waals surface area contributed by atoms with Crippen molar-refractivity contribution in [2.75, 3.05) is 13.1 Å². The predicted molar refractivity (Wildman–Crippen MR) is 116 cm³/mol. The normalized spacial score (nSPS) is 17.7. The number of fused-ring (bicyclic) bond motifs is 1. The lowest BCUT2D eigenvalue weighted by molar-refractivity contribution is 0.0924. The van der Waals surface area contributed by atoms with E-state index in [-0.39, 0.29) is 23.0 Å². The summed E-state index contributed by atoms with van der Waals surface area (Å²) in [6, 6.07) is 10.6. The number of rotatable bonds is 5. The quantitative estimate of drug-likeness (QED) is 0.639. The fourth-order valence-corrected chi connectivity index (χ4v) is 5.58. The Labute approximate surface area is 181 Å². The van der Waals surface area contributed by atoms with Crippen LogP contribution in [0, 0.1) is 18.7 Å². The van der Waals surface area contributed by atoms with E-state index in [0.717, 1.165) is 18.4 Å². The Bertz CT molecular complexity index is 1220. The minimum atomic E-state index is -3.60. The van der Waals surface area contributed by atoms with Gasteiger partial charge in [-0.3, -0.25) is 4.79 Å². The summed E-state index contributed by atoms with van der Waals surface area (Å²) in [5.74, 6) is -0.280. The summed E-state index contributed by atoms with van der Waals surface area (Å²) in [5.41, 5.74) is 1.79. The van der Waals surface area contributed by atoms with Gasteiger partial charge >= 0.3 is 0 Å². The zero-order valence-electron chi connectivity index (χ0n) is 17.5. The van der Waals surface area contributed by atoms with Gasteiger partial charge in [0.05, 0.1) is 4.90 Å². The maximum atomic E-state index is 13.1. The minimum Gasteiger partial charge on any atom is -0.451 e. The van der Waals surface area contributed by atoms with Crippen LogP contribution < -0.4 is 5.32 Å². The predicted octanol–water partition coefficient (Wildman–Crippen LogP) is 4.23. The minimum absolute atomic E-state index is 0.137. The van der Waals surface area contributed by atoms with Crippen LogP contribution in [0.2, 0.25) is 0 Å². The smallest absolute Gasteiger partial charge is 0.287 e. The highest BCUT2D eigenvalue weighted by atomic mass is 32.2. The number of amides is 1. The molecule has 6 nitrogen and oxygen atoms in total. The van der Waals surface area contributed by atoms with Crippen molar-refractivity contribution in [2.45, 2.75) is 38.1 Å². The number of aryl methyl sites for hydroxylation is 1. The van der Waals surface area contributed by atoms with Crippen molar-refractivity contribution in [2.24, 2.45) is 5.92 Å². The molecule has 1 unspecified atom stereocenters. The zero-order chi connectivity index (χ0) is 22.2. The second kappa shape index (κ2) is 8.43. The molecule has 164 valence electrons. The molecule has 8 heteroatoms. The van der Waals surface area contributed by atoms with E-state index in [1.165, 1.54) is 22.5 Å². The number of sulfonamides is 1. The van der Waals surface area contributed by atoms with Crippen molar-refractivity contribution in [3.63, 3.8) is 0 Å². The van der Waals surface area contributed by atoms with E-state index in [4.69, 9.17) is 4.42 Å². The third-order valence-electron chi connectivity index (χ3n) is 5.74. The maximum Gasteiger partial charge on any atom is 0.287 e. The van der Waals surface area contributed by atoms with Gasteiger partial charge in [0, 0.05) is 30.6 Å². The highest BCUT2D eigenvalue weighted by Gasteiger charge is 2.29. The fourth-order valence-electron chi connectivity index (χ4n) is 3.96. The summed E-state index contributed by atoms with van der Waals surface area (Å²) in [6.45, 7) is 5.05. The topological polar surface area (TPSA) is 79.6 Å². The summed E-state index contributed by atoms with van der Waals surface area (Å²) in [6.07, 6.45) is 1.88. The molecule has 1 amide bonds. The zero-order valence-corrected chi connectivity index (χ0v) is 18.3. The maximum absolute atomic E-state index is 13.1. The van der Waals surface area contributed by atoms with Gasteiger partial charge in [-0.05, 0) is 61.6 Å². The summed E-state index contributed by atoms with van der Waals surface area (Å²) in [5, 5.41) is 3.35. The average molecular weight is 445 g/mol. The summed E-state index contributed by atoms with van der Waals surface area (Å²) >= 11 is 0. The molecule has 1 fully saturated rings. The van der Waals surface area contributed by atoms with E-state index in [9.17, 15) is 17.6 Å². The number of carbonyl (C=O) groups excluding carboxylic acids is 1. The standard InChI is InChI=1S/C23H25FN2O4S/c1-15-4-3-11-26(14-15)31(28,29)19-9-10-21-20(12-19)16(2)22(30-21)23(27)25-13-17-5-7-18(24)8-6-17/h5-10,12,15H,3-4,11,13-14H2,1-2H3,(H,25,27). The Morgan fingerprint density at radius 3 is 2.68 bits per heavy atom. The number of halogens is 1. The lowest BCUT2D eigenvalue weighted by atomic mass is 10.0. The first-order valence-electron chi connectivity index (χ1n) is 10.3. The van der Waals surface area contributed by atoms with Crippen molar-refractivity contribution in [3.05, 3.63) is 65.2 Å². The lowest BCUT2D eigenvalue weighted by Gasteiger charge is -2.30. The Morgan fingerprint density at radius 2 is 1.97 bits per heavy atom. The first-order chi connectivity index (χ1) is 14.8. The molecule has 2 heterocycles. The van der Waals surface area contributed by atoms with E-state index in [1.807, 2.05) is 0 Å². The van der Waals surface area contributed by atoms with Crippen LogP contribution in [0.25, 0.3) is 11.0 Å². The van der Waals surface area contributed by atoms with Gasteiger partial charge in [-0.2, -0.15) is 4.31 Å². The van der Waals surface area contributed by atoms with Gasteiger partial charge in [0.15, 0.2) is 5.76 Å². The van der Waals surface area contributed by atoms with Gasteiger partial charge in [-0.15, -0.1) is 0 Å². The largest absolute Gasteiger partial charge is 0.451 e. The van der Waals surface area contributed by atoms with Crippen LogP contribution in [-0.2, 0) is 16.6 Å². The number of hydrogen-bond donors (Lipinski definition) is 1. The summed E-state index contributed by atoms with van der Waals surface area (Å²) in [4.78, 5) is 12.8. The number of piperidine rings is 1. The highest BCUT2D eigenvalue weighted by molar-refractivity contribution is 7.89. The second-order valence-corrected chi connectivity index (χ2v) is 10.1. The number of hydrogen-bond acceptors (Lipinski definition) is 4. The molecular formula is C23H25FN2O4S. The molecule has 1 N–H and O–H groups in total. The molecule has 31 heavy (non-hydrogen) atoms. The molecule has 0 spiro atoms. The molecule has 3 aromatic rings.